The van der Waals surface area contributed by atoms with E-state index in [9.17, 15) is 13.2 Å². The average molecular weight is 466 g/mol. The van der Waals surface area contributed by atoms with Crippen molar-refractivity contribution in [3.63, 3.8) is 0 Å². The third kappa shape index (κ3) is 4.78. The Kier molecular flexibility index (Phi) is 5.63. The topological polar surface area (TPSA) is 55.1 Å². The Morgan fingerprint density at radius 1 is 0.909 bits per heavy atom. The number of rotatable bonds is 4. The molecule has 9 heteroatoms. The van der Waals surface area contributed by atoms with E-state index in [4.69, 9.17) is 4.99 Å². The van der Waals surface area contributed by atoms with Crippen molar-refractivity contribution < 1.29 is 13.2 Å². The van der Waals surface area contributed by atoms with E-state index >= 15 is 0 Å². The van der Waals surface area contributed by atoms with Gasteiger partial charge in [-0.25, -0.2) is 9.67 Å². The number of alkyl halides is 3. The number of thioether (sulfide) groups is 1. The summed E-state index contributed by atoms with van der Waals surface area (Å²) in [7, 11) is 0. The van der Waals surface area contributed by atoms with Crippen LogP contribution in [-0.2, 0) is 6.18 Å². The fraction of sp³-hybridized carbons (Fsp3) is 0.125. The van der Waals surface area contributed by atoms with Crippen LogP contribution in [0.1, 0.15) is 17.2 Å². The van der Waals surface area contributed by atoms with Gasteiger partial charge in [0.25, 0.3) is 0 Å². The molecule has 5 rings (SSSR count). The molecule has 1 atom stereocenters. The monoisotopic (exact) mass is 465 g/mol. The fourth-order valence-electron chi connectivity index (χ4n) is 3.44. The number of amidine groups is 1. The van der Waals surface area contributed by atoms with Crippen LogP contribution >= 0.6 is 11.8 Å². The summed E-state index contributed by atoms with van der Waals surface area (Å²) in [6.07, 6.45) is -2.88. The molecule has 0 spiro atoms. The number of halogens is 3. The molecule has 0 aliphatic carbocycles. The molecule has 4 aromatic rings. The summed E-state index contributed by atoms with van der Waals surface area (Å²) < 4.78 is 39.7. The molecule has 1 aromatic heterocycles. The summed E-state index contributed by atoms with van der Waals surface area (Å²) in [5.74, 6) is 1.38. The molecule has 2 heterocycles. The molecular formula is C24H18F3N5S. The molecule has 0 bridgehead atoms. The van der Waals surface area contributed by atoms with Crippen LogP contribution in [0.4, 0.5) is 18.9 Å². The second-order valence-electron chi connectivity index (χ2n) is 7.43. The zero-order chi connectivity index (χ0) is 22.8. The van der Waals surface area contributed by atoms with Crippen LogP contribution < -0.4 is 5.32 Å². The maximum absolute atomic E-state index is 12.8. The second kappa shape index (κ2) is 8.74. The second-order valence-corrected chi connectivity index (χ2v) is 8.44. The lowest BCUT2D eigenvalue weighted by molar-refractivity contribution is -0.137. The van der Waals surface area contributed by atoms with Crippen LogP contribution in [0.25, 0.3) is 17.1 Å². The molecule has 1 N–H and O–H groups in total. The third-order valence-corrected chi connectivity index (χ3v) is 6.14. The summed E-state index contributed by atoms with van der Waals surface area (Å²) >= 11 is 1.68. The Morgan fingerprint density at radius 2 is 1.64 bits per heavy atom. The van der Waals surface area contributed by atoms with Gasteiger partial charge in [0.1, 0.15) is 6.33 Å². The van der Waals surface area contributed by atoms with Crippen LogP contribution in [0, 0.1) is 0 Å². The number of benzene rings is 3. The number of aromatic nitrogens is 3. The minimum Gasteiger partial charge on any atom is -0.335 e. The van der Waals surface area contributed by atoms with Gasteiger partial charge in [-0.2, -0.15) is 13.2 Å². The molecule has 0 amide bonds. The van der Waals surface area contributed by atoms with E-state index in [1.54, 1.807) is 11.8 Å². The standard InChI is InChI=1S/C24H18F3N5S/c25-24(26,27)18-8-12-20(13-9-18)32-15-28-22(31-32)17-6-10-19(11-7-17)29-23-30-21(14-33-23)16-4-2-1-3-5-16/h1-13,15,21H,14H2,(H,29,30). The van der Waals surface area contributed by atoms with Gasteiger partial charge in [-0.15, -0.1) is 5.10 Å². The molecule has 3 aromatic carbocycles. The highest BCUT2D eigenvalue weighted by Crippen LogP contribution is 2.31. The van der Waals surface area contributed by atoms with Crippen LogP contribution in [-0.4, -0.2) is 25.7 Å². The van der Waals surface area contributed by atoms with E-state index < -0.39 is 11.7 Å². The lowest BCUT2D eigenvalue weighted by Crippen LogP contribution is -2.05. The minimum absolute atomic E-state index is 0.149. The molecule has 1 aliphatic heterocycles. The number of nitrogens with zero attached hydrogens (tertiary/aromatic N) is 4. The molecule has 5 nitrogen and oxygen atoms in total. The predicted molar refractivity (Wildman–Crippen MR) is 124 cm³/mol. The number of anilines is 1. The first-order chi connectivity index (χ1) is 16.0. The summed E-state index contributed by atoms with van der Waals surface area (Å²) in [6, 6.07) is 22.8. The predicted octanol–water partition coefficient (Wildman–Crippen LogP) is 6.21. The average Bonchev–Trinajstić information content (AvgIpc) is 3.50. The summed E-state index contributed by atoms with van der Waals surface area (Å²) in [4.78, 5) is 9.05. The first-order valence-electron chi connectivity index (χ1n) is 10.2. The molecule has 166 valence electrons. The first kappa shape index (κ1) is 21.3. The van der Waals surface area contributed by atoms with Crippen molar-refractivity contribution in [2.45, 2.75) is 12.2 Å². The SMILES string of the molecule is FC(F)(F)c1ccc(-n2cnc(-c3ccc(NC4=NC(c5ccccc5)CS4)cc3)n2)cc1. The van der Waals surface area contributed by atoms with E-state index in [1.165, 1.54) is 28.7 Å². The highest BCUT2D eigenvalue weighted by molar-refractivity contribution is 8.14. The van der Waals surface area contributed by atoms with Crippen molar-refractivity contribution in [2.75, 3.05) is 11.1 Å². The first-order valence-corrected chi connectivity index (χ1v) is 11.2. The molecule has 0 saturated heterocycles. The van der Waals surface area contributed by atoms with E-state index in [0.717, 1.165) is 34.3 Å². The van der Waals surface area contributed by atoms with Crippen LogP contribution in [0.15, 0.2) is 90.2 Å². The van der Waals surface area contributed by atoms with Gasteiger partial charge in [0.15, 0.2) is 11.0 Å². The lowest BCUT2D eigenvalue weighted by atomic mass is 10.1. The van der Waals surface area contributed by atoms with Gasteiger partial charge in [-0.05, 0) is 54.1 Å². The molecular weight excluding hydrogens is 447 g/mol. The summed E-state index contributed by atoms with van der Waals surface area (Å²) in [6.45, 7) is 0. The largest absolute Gasteiger partial charge is 0.416 e. The zero-order valence-electron chi connectivity index (χ0n) is 17.2. The Morgan fingerprint density at radius 3 is 2.33 bits per heavy atom. The van der Waals surface area contributed by atoms with Crippen molar-refractivity contribution >= 4 is 22.6 Å². The van der Waals surface area contributed by atoms with Gasteiger partial charge < -0.3 is 5.32 Å². The maximum atomic E-state index is 12.8. The van der Waals surface area contributed by atoms with Gasteiger partial charge >= 0.3 is 6.18 Å². The Hall–Kier alpha value is -3.59. The Balaban J connectivity index is 1.26. The smallest absolute Gasteiger partial charge is 0.335 e. The molecule has 33 heavy (non-hydrogen) atoms. The van der Waals surface area contributed by atoms with E-state index in [2.05, 4.69) is 27.5 Å². The molecule has 0 fully saturated rings. The van der Waals surface area contributed by atoms with Crippen molar-refractivity contribution in [1.29, 1.82) is 0 Å². The van der Waals surface area contributed by atoms with Crippen LogP contribution in [0.3, 0.4) is 0 Å². The summed E-state index contributed by atoms with van der Waals surface area (Å²) in [5.41, 5.74) is 2.71. The molecule has 0 radical (unpaired) electrons. The maximum Gasteiger partial charge on any atom is 0.416 e. The van der Waals surface area contributed by atoms with Gasteiger partial charge in [0.2, 0.25) is 0 Å². The molecule has 1 aliphatic rings. The fourth-order valence-corrected chi connectivity index (χ4v) is 4.41. The van der Waals surface area contributed by atoms with E-state index in [-0.39, 0.29) is 6.04 Å². The third-order valence-electron chi connectivity index (χ3n) is 5.18. The summed E-state index contributed by atoms with van der Waals surface area (Å²) in [5, 5.41) is 8.61. The number of aliphatic imine (C=N–C) groups is 1. The highest BCUT2D eigenvalue weighted by atomic mass is 32.2. The normalized spacial score (nSPS) is 16.0. The van der Waals surface area contributed by atoms with Crippen molar-refractivity contribution in [3.05, 3.63) is 96.3 Å². The number of hydrogen-bond acceptors (Lipinski definition) is 5. The number of nitrogens with one attached hydrogen (secondary N) is 1. The Labute approximate surface area is 192 Å². The van der Waals surface area contributed by atoms with Gasteiger partial charge in [-0.3, -0.25) is 4.99 Å². The van der Waals surface area contributed by atoms with Gasteiger partial charge in [0, 0.05) is 17.0 Å². The van der Waals surface area contributed by atoms with Crippen molar-refractivity contribution in [1.82, 2.24) is 14.8 Å². The molecule has 1 unspecified atom stereocenters. The van der Waals surface area contributed by atoms with Gasteiger partial charge in [-0.1, -0.05) is 42.1 Å². The van der Waals surface area contributed by atoms with Crippen molar-refractivity contribution in [2.24, 2.45) is 4.99 Å². The van der Waals surface area contributed by atoms with E-state index in [1.807, 2.05) is 42.5 Å². The molecule has 0 saturated carbocycles. The van der Waals surface area contributed by atoms with E-state index in [0.29, 0.717) is 11.5 Å². The van der Waals surface area contributed by atoms with Crippen molar-refractivity contribution in [3.8, 4) is 17.1 Å². The minimum atomic E-state index is -4.37. The van der Waals surface area contributed by atoms with Gasteiger partial charge in [0.05, 0.1) is 17.3 Å². The van der Waals surface area contributed by atoms with Crippen LogP contribution in [0.5, 0.6) is 0 Å². The highest BCUT2D eigenvalue weighted by Gasteiger charge is 2.30. The lowest BCUT2D eigenvalue weighted by Gasteiger charge is -2.07. The number of hydrogen-bond donors (Lipinski definition) is 1. The quantitative estimate of drug-likeness (QED) is 0.389. The Bertz CT molecular complexity index is 1270. The zero-order valence-corrected chi connectivity index (χ0v) is 18.0. The van der Waals surface area contributed by atoms with Crippen LogP contribution in [0.2, 0.25) is 0 Å².